The number of hydrogen-bond donors (Lipinski definition) is 0. The topological polar surface area (TPSA) is 74.1 Å². The van der Waals surface area contributed by atoms with E-state index in [-0.39, 0.29) is 5.75 Å². The molecule has 1 aromatic carbocycles. The Labute approximate surface area is 164 Å². The van der Waals surface area contributed by atoms with Gasteiger partial charge in [0.25, 0.3) is 0 Å². The maximum Gasteiger partial charge on any atom is 0.387 e. The standard InChI is InChI=1S/C20H18F2N4O3/c21-20(22)28-13-3-1-10(2-4-13)19-25-24-15-7-23-8-16(26(15)19)27-9-12-5-11-6-14(12)18-17(11)29-18/h1-4,7-8,11-12,14,17-18,20H,5-6,9H2/t11-,12-,14+,17-,18+/m1/s1. The third-order valence-corrected chi connectivity index (χ3v) is 6.30. The van der Waals surface area contributed by atoms with E-state index in [2.05, 4.69) is 19.9 Å². The van der Waals surface area contributed by atoms with Crippen molar-refractivity contribution in [3.05, 3.63) is 36.7 Å². The molecule has 2 bridgehead atoms. The quantitative estimate of drug-likeness (QED) is 0.592. The number of halogens is 2. The second-order valence-corrected chi connectivity index (χ2v) is 7.90. The van der Waals surface area contributed by atoms with E-state index in [1.165, 1.54) is 18.6 Å². The van der Waals surface area contributed by atoms with Gasteiger partial charge in [-0.15, -0.1) is 10.2 Å². The molecule has 2 aromatic heterocycles. The zero-order chi connectivity index (χ0) is 19.5. The summed E-state index contributed by atoms with van der Waals surface area (Å²) < 4.78 is 42.8. The molecule has 3 fully saturated rings. The molecule has 3 aliphatic rings. The van der Waals surface area contributed by atoms with E-state index in [1.807, 2.05) is 0 Å². The predicted molar refractivity (Wildman–Crippen MR) is 96.7 cm³/mol. The van der Waals surface area contributed by atoms with Crippen molar-refractivity contribution in [3.8, 4) is 23.0 Å². The van der Waals surface area contributed by atoms with Crippen molar-refractivity contribution in [3.63, 3.8) is 0 Å². The Balaban J connectivity index is 1.26. The molecule has 0 amide bonds. The molecule has 6 rings (SSSR count). The number of alkyl halides is 2. The van der Waals surface area contributed by atoms with Crippen LogP contribution < -0.4 is 9.47 Å². The highest BCUT2D eigenvalue weighted by atomic mass is 19.3. The van der Waals surface area contributed by atoms with Crippen molar-refractivity contribution in [1.82, 2.24) is 19.6 Å². The highest BCUT2D eigenvalue weighted by Gasteiger charge is 2.63. The molecule has 3 aromatic rings. The maximum absolute atomic E-state index is 12.4. The fraction of sp³-hybridized carbons (Fsp3) is 0.450. The first-order valence-corrected chi connectivity index (χ1v) is 9.70. The van der Waals surface area contributed by atoms with Crippen molar-refractivity contribution >= 4 is 5.65 Å². The van der Waals surface area contributed by atoms with Crippen LogP contribution in [0.1, 0.15) is 12.8 Å². The minimum absolute atomic E-state index is 0.0904. The van der Waals surface area contributed by atoms with Crippen LogP contribution in [0.5, 0.6) is 11.6 Å². The first-order chi connectivity index (χ1) is 14.2. The van der Waals surface area contributed by atoms with Crippen LogP contribution in [-0.2, 0) is 4.74 Å². The molecule has 2 saturated carbocycles. The van der Waals surface area contributed by atoms with Crippen molar-refractivity contribution in [2.24, 2.45) is 17.8 Å². The van der Waals surface area contributed by atoms with Gasteiger partial charge in [0.2, 0.25) is 5.88 Å². The Morgan fingerprint density at radius 3 is 2.72 bits per heavy atom. The predicted octanol–water partition coefficient (Wildman–Crippen LogP) is 3.19. The molecule has 0 unspecified atom stereocenters. The second-order valence-electron chi connectivity index (χ2n) is 7.90. The third-order valence-electron chi connectivity index (χ3n) is 6.30. The highest BCUT2D eigenvalue weighted by Crippen LogP contribution is 2.58. The van der Waals surface area contributed by atoms with Crippen molar-refractivity contribution in [2.75, 3.05) is 6.61 Å². The van der Waals surface area contributed by atoms with E-state index in [1.54, 1.807) is 28.9 Å². The van der Waals surface area contributed by atoms with Crippen LogP contribution >= 0.6 is 0 Å². The summed E-state index contributed by atoms with van der Waals surface area (Å²) >= 11 is 0. The second kappa shape index (κ2) is 6.35. The monoisotopic (exact) mass is 400 g/mol. The van der Waals surface area contributed by atoms with Gasteiger partial charge in [-0.1, -0.05) is 0 Å². The van der Waals surface area contributed by atoms with Gasteiger partial charge in [-0.25, -0.2) is 4.40 Å². The molecule has 0 radical (unpaired) electrons. The van der Waals surface area contributed by atoms with Crippen LogP contribution in [0, 0.1) is 17.8 Å². The summed E-state index contributed by atoms with van der Waals surface area (Å²) in [6.45, 7) is -2.25. The van der Waals surface area contributed by atoms with E-state index in [4.69, 9.17) is 9.47 Å². The number of fused-ring (bicyclic) bond motifs is 6. The van der Waals surface area contributed by atoms with E-state index < -0.39 is 6.61 Å². The molecule has 9 heteroatoms. The molecule has 150 valence electrons. The molecule has 7 nitrogen and oxygen atoms in total. The molecular weight excluding hydrogens is 382 g/mol. The fourth-order valence-corrected chi connectivity index (χ4v) is 5.01. The van der Waals surface area contributed by atoms with E-state index >= 15 is 0 Å². The van der Waals surface area contributed by atoms with E-state index in [0.29, 0.717) is 59.5 Å². The lowest BCUT2D eigenvalue weighted by Crippen LogP contribution is -2.24. The normalized spacial score (nSPS) is 29.4. The maximum atomic E-state index is 12.4. The summed E-state index contributed by atoms with van der Waals surface area (Å²) in [7, 11) is 0. The molecule has 3 heterocycles. The van der Waals surface area contributed by atoms with Gasteiger partial charge in [-0.2, -0.15) is 8.78 Å². The van der Waals surface area contributed by atoms with Gasteiger partial charge in [0, 0.05) is 5.56 Å². The Hall–Kier alpha value is -2.81. The van der Waals surface area contributed by atoms with Gasteiger partial charge in [0.15, 0.2) is 11.5 Å². The molecule has 1 saturated heterocycles. The van der Waals surface area contributed by atoms with Crippen LogP contribution in [0.3, 0.4) is 0 Å². The molecule has 1 aliphatic heterocycles. The largest absolute Gasteiger partial charge is 0.477 e. The van der Waals surface area contributed by atoms with Crippen molar-refractivity contribution < 1.29 is 23.0 Å². The number of nitrogens with zero attached hydrogens (tertiary/aromatic N) is 4. The number of benzene rings is 1. The number of ether oxygens (including phenoxy) is 3. The van der Waals surface area contributed by atoms with Crippen molar-refractivity contribution in [1.29, 1.82) is 0 Å². The first-order valence-electron chi connectivity index (χ1n) is 9.70. The molecule has 5 atom stereocenters. The number of rotatable bonds is 6. The van der Waals surface area contributed by atoms with E-state index in [0.717, 1.165) is 6.42 Å². The van der Waals surface area contributed by atoms with Gasteiger partial charge in [0.1, 0.15) is 5.75 Å². The average Bonchev–Trinajstić information content (AvgIpc) is 3.08. The lowest BCUT2D eigenvalue weighted by molar-refractivity contribution is -0.0498. The first kappa shape index (κ1) is 17.1. The lowest BCUT2D eigenvalue weighted by Gasteiger charge is -2.20. The summed E-state index contributed by atoms with van der Waals surface area (Å²) in [6, 6.07) is 6.29. The Morgan fingerprint density at radius 1 is 1.10 bits per heavy atom. The summed E-state index contributed by atoms with van der Waals surface area (Å²) in [5, 5.41) is 8.40. The Morgan fingerprint density at radius 2 is 1.97 bits per heavy atom. The number of aromatic nitrogens is 4. The summed E-state index contributed by atoms with van der Waals surface area (Å²) in [6.07, 6.45) is 6.60. The van der Waals surface area contributed by atoms with E-state index in [9.17, 15) is 8.78 Å². The summed E-state index contributed by atoms with van der Waals surface area (Å²) in [5.74, 6) is 2.98. The fourth-order valence-electron chi connectivity index (χ4n) is 5.01. The SMILES string of the molecule is FC(F)Oc1ccc(-c2nnc3cncc(OC[C@H]4C[C@@H]5C[C@@H]4[C@@H]4O[C@H]54)n23)cc1. The van der Waals surface area contributed by atoms with Crippen LogP contribution in [0.2, 0.25) is 0 Å². The third kappa shape index (κ3) is 2.83. The zero-order valence-electron chi connectivity index (χ0n) is 15.3. The number of epoxide rings is 1. The molecule has 0 spiro atoms. The summed E-state index contributed by atoms with van der Waals surface area (Å²) in [5.41, 5.74) is 1.27. The Bertz CT molecular complexity index is 1060. The average molecular weight is 400 g/mol. The molecular formula is C20H18F2N4O3. The molecule has 0 N–H and O–H groups in total. The highest BCUT2D eigenvalue weighted by molar-refractivity contribution is 5.61. The Kier molecular flexibility index (Phi) is 3.74. The summed E-state index contributed by atoms with van der Waals surface area (Å²) in [4.78, 5) is 4.21. The van der Waals surface area contributed by atoms with Crippen molar-refractivity contribution in [2.45, 2.75) is 31.7 Å². The van der Waals surface area contributed by atoms with Gasteiger partial charge >= 0.3 is 6.61 Å². The van der Waals surface area contributed by atoms with Crippen LogP contribution in [0.4, 0.5) is 8.78 Å². The number of hydrogen-bond acceptors (Lipinski definition) is 6. The minimum atomic E-state index is -2.86. The van der Waals surface area contributed by atoms with Gasteiger partial charge in [0.05, 0.1) is 31.2 Å². The van der Waals surface area contributed by atoms with Gasteiger partial charge in [-0.05, 0) is 54.9 Å². The smallest absolute Gasteiger partial charge is 0.387 e. The zero-order valence-corrected chi connectivity index (χ0v) is 15.3. The minimum Gasteiger partial charge on any atom is -0.477 e. The van der Waals surface area contributed by atoms with Crippen LogP contribution in [0.25, 0.3) is 17.0 Å². The van der Waals surface area contributed by atoms with Crippen LogP contribution in [-0.4, -0.2) is 45.0 Å². The molecule has 29 heavy (non-hydrogen) atoms. The van der Waals surface area contributed by atoms with Gasteiger partial charge in [-0.3, -0.25) is 4.98 Å². The lowest BCUT2D eigenvalue weighted by atomic mass is 9.89. The van der Waals surface area contributed by atoms with Crippen LogP contribution in [0.15, 0.2) is 36.7 Å². The van der Waals surface area contributed by atoms with Gasteiger partial charge < -0.3 is 14.2 Å². The molecule has 2 aliphatic carbocycles.